The van der Waals surface area contributed by atoms with Crippen LogP contribution in [0.15, 0.2) is 182 Å². The standard InChI is InChI=1S/C59H46N6/c1-58(2)32-33-59(3,4)48-36-52-46(35-47(48)58)45-31-30-44-42-25-15-17-27-50(42)65(54(44)53(45)64(52)40-22-12-7-13-23-40)57-61-55(37-18-8-5-9-19-37)60-56(62-57)38-28-29-43-41-24-14-16-26-49(41)63(51(43)34-38)39-20-10-6-11-21-39/h5-31,34-36H,32-33H2,1-4H3. The lowest BCUT2D eigenvalue weighted by atomic mass is 9.63. The molecule has 312 valence electrons. The molecule has 0 unspecified atom stereocenters. The third-order valence-electron chi connectivity index (χ3n) is 14.4. The van der Waals surface area contributed by atoms with Crippen LogP contribution in [0.25, 0.3) is 106 Å². The van der Waals surface area contributed by atoms with E-state index in [4.69, 9.17) is 15.0 Å². The molecule has 8 aromatic carbocycles. The second-order valence-electron chi connectivity index (χ2n) is 19.1. The molecule has 0 atom stereocenters. The fourth-order valence-corrected chi connectivity index (χ4v) is 10.9. The van der Waals surface area contributed by atoms with Gasteiger partial charge >= 0.3 is 0 Å². The molecule has 65 heavy (non-hydrogen) atoms. The number of fused-ring (bicyclic) bond motifs is 11. The van der Waals surface area contributed by atoms with Crippen molar-refractivity contribution in [3.63, 3.8) is 0 Å². The number of aromatic nitrogens is 6. The van der Waals surface area contributed by atoms with Gasteiger partial charge < -0.3 is 9.13 Å². The van der Waals surface area contributed by atoms with E-state index in [0.29, 0.717) is 17.6 Å². The van der Waals surface area contributed by atoms with E-state index in [-0.39, 0.29) is 10.8 Å². The Bertz CT molecular complexity index is 3870. The van der Waals surface area contributed by atoms with Crippen LogP contribution in [0.4, 0.5) is 0 Å². The third-order valence-corrected chi connectivity index (χ3v) is 14.4. The van der Waals surface area contributed by atoms with Crippen LogP contribution in [0.5, 0.6) is 0 Å². The highest BCUT2D eigenvalue weighted by Crippen LogP contribution is 2.50. The maximum absolute atomic E-state index is 5.52. The predicted molar refractivity (Wildman–Crippen MR) is 269 cm³/mol. The zero-order chi connectivity index (χ0) is 43.6. The second-order valence-corrected chi connectivity index (χ2v) is 19.1. The lowest BCUT2D eigenvalue weighted by Crippen LogP contribution is -2.33. The molecule has 0 fully saturated rings. The maximum Gasteiger partial charge on any atom is 0.238 e. The van der Waals surface area contributed by atoms with Crippen molar-refractivity contribution in [3.05, 3.63) is 193 Å². The minimum atomic E-state index is 0.0504. The molecule has 0 saturated heterocycles. The number of nitrogens with zero attached hydrogens (tertiary/aromatic N) is 6. The summed E-state index contributed by atoms with van der Waals surface area (Å²) >= 11 is 0. The predicted octanol–water partition coefficient (Wildman–Crippen LogP) is 14.8. The van der Waals surface area contributed by atoms with Crippen molar-refractivity contribution < 1.29 is 0 Å². The number of hydrogen-bond acceptors (Lipinski definition) is 3. The maximum atomic E-state index is 5.52. The van der Waals surface area contributed by atoms with E-state index >= 15 is 0 Å². The van der Waals surface area contributed by atoms with Crippen LogP contribution in [0.3, 0.4) is 0 Å². The van der Waals surface area contributed by atoms with Gasteiger partial charge in [-0.2, -0.15) is 9.97 Å². The van der Waals surface area contributed by atoms with E-state index < -0.39 is 0 Å². The van der Waals surface area contributed by atoms with Gasteiger partial charge in [0.25, 0.3) is 0 Å². The first-order valence-corrected chi connectivity index (χ1v) is 22.8. The number of rotatable bonds is 5. The Labute approximate surface area is 377 Å². The van der Waals surface area contributed by atoms with Crippen molar-refractivity contribution in [3.8, 4) is 40.1 Å². The summed E-state index contributed by atoms with van der Waals surface area (Å²) in [4.78, 5) is 16.2. The summed E-state index contributed by atoms with van der Waals surface area (Å²) < 4.78 is 7.15. The van der Waals surface area contributed by atoms with E-state index in [1.165, 1.54) is 38.2 Å². The normalized spacial score (nSPS) is 14.6. The Morgan fingerprint density at radius 1 is 0.354 bits per heavy atom. The second kappa shape index (κ2) is 13.8. The minimum Gasteiger partial charge on any atom is -0.309 e. The molecule has 12 aromatic rings. The molecule has 1 aliphatic carbocycles. The fraction of sp³-hybridized carbons (Fsp3) is 0.136. The molecular formula is C59H46N6. The number of para-hydroxylation sites is 4. The minimum absolute atomic E-state index is 0.0504. The summed E-state index contributed by atoms with van der Waals surface area (Å²) in [6, 6.07) is 65.4. The van der Waals surface area contributed by atoms with Gasteiger partial charge in [-0.05, 0) is 89.4 Å². The first-order chi connectivity index (χ1) is 31.7. The molecule has 0 radical (unpaired) electrons. The van der Waals surface area contributed by atoms with E-state index in [9.17, 15) is 0 Å². The van der Waals surface area contributed by atoms with Gasteiger partial charge in [0.2, 0.25) is 5.95 Å². The molecule has 13 rings (SSSR count). The van der Waals surface area contributed by atoms with E-state index in [1.54, 1.807) is 0 Å². The van der Waals surface area contributed by atoms with Gasteiger partial charge in [0.1, 0.15) is 0 Å². The summed E-state index contributed by atoms with van der Waals surface area (Å²) in [6.07, 6.45) is 2.30. The first-order valence-electron chi connectivity index (χ1n) is 22.8. The van der Waals surface area contributed by atoms with Gasteiger partial charge in [-0.15, -0.1) is 0 Å². The molecule has 0 spiro atoms. The van der Waals surface area contributed by atoms with E-state index in [2.05, 4.69) is 205 Å². The zero-order valence-corrected chi connectivity index (χ0v) is 36.9. The Hall–Kier alpha value is -7.83. The van der Waals surface area contributed by atoms with Crippen molar-refractivity contribution in [2.75, 3.05) is 0 Å². The largest absolute Gasteiger partial charge is 0.309 e. The van der Waals surface area contributed by atoms with Crippen LogP contribution in [0.1, 0.15) is 51.7 Å². The van der Waals surface area contributed by atoms with Gasteiger partial charge in [0.15, 0.2) is 11.6 Å². The monoisotopic (exact) mass is 838 g/mol. The molecule has 4 heterocycles. The molecule has 0 N–H and O–H groups in total. The fourth-order valence-electron chi connectivity index (χ4n) is 10.9. The summed E-state index contributed by atoms with van der Waals surface area (Å²) in [5.41, 5.74) is 13.8. The number of hydrogen-bond donors (Lipinski definition) is 0. The van der Waals surface area contributed by atoms with Crippen molar-refractivity contribution in [1.82, 2.24) is 28.7 Å². The summed E-state index contributed by atoms with van der Waals surface area (Å²) in [5, 5.41) is 7.14. The summed E-state index contributed by atoms with van der Waals surface area (Å²) in [7, 11) is 0. The van der Waals surface area contributed by atoms with Crippen LogP contribution in [0.2, 0.25) is 0 Å². The first kappa shape index (κ1) is 37.7. The van der Waals surface area contributed by atoms with Crippen molar-refractivity contribution >= 4 is 65.4 Å². The Morgan fingerprint density at radius 2 is 0.815 bits per heavy atom. The van der Waals surface area contributed by atoms with Gasteiger partial charge in [-0.25, -0.2) is 4.98 Å². The highest BCUT2D eigenvalue weighted by Gasteiger charge is 2.38. The van der Waals surface area contributed by atoms with Crippen molar-refractivity contribution in [2.24, 2.45) is 0 Å². The smallest absolute Gasteiger partial charge is 0.238 e. The van der Waals surface area contributed by atoms with Crippen LogP contribution in [-0.4, -0.2) is 28.7 Å². The van der Waals surface area contributed by atoms with E-state index in [0.717, 1.165) is 73.7 Å². The van der Waals surface area contributed by atoms with Gasteiger partial charge in [0, 0.05) is 54.8 Å². The summed E-state index contributed by atoms with van der Waals surface area (Å²) in [5.74, 6) is 1.80. The Balaban J connectivity index is 1.15. The molecule has 6 nitrogen and oxygen atoms in total. The molecule has 0 saturated carbocycles. The Morgan fingerprint density at radius 3 is 1.48 bits per heavy atom. The lowest BCUT2D eigenvalue weighted by Gasteiger charge is -2.42. The Kier molecular flexibility index (Phi) is 8.02. The van der Waals surface area contributed by atoms with Gasteiger partial charge in [-0.3, -0.25) is 4.57 Å². The SMILES string of the molecule is CC1(C)CCC(C)(C)c2cc3c(cc21)c1ccc2c4ccccc4n(-c4nc(-c5ccccc5)nc(-c5ccc6c7ccccc7n(-c7ccccc7)c6c5)n4)c2c1n3-c1ccccc1. The average Bonchev–Trinajstić information content (AvgIpc) is 3.99. The van der Waals surface area contributed by atoms with E-state index in [1.807, 2.05) is 18.2 Å². The van der Waals surface area contributed by atoms with Crippen molar-refractivity contribution in [1.29, 1.82) is 0 Å². The van der Waals surface area contributed by atoms with Gasteiger partial charge in [0.05, 0.1) is 33.1 Å². The van der Waals surface area contributed by atoms with Crippen LogP contribution >= 0.6 is 0 Å². The van der Waals surface area contributed by atoms with Crippen molar-refractivity contribution in [2.45, 2.75) is 51.4 Å². The molecule has 6 heteroatoms. The quantitative estimate of drug-likeness (QED) is 0.173. The molecule has 0 bridgehead atoms. The number of benzene rings is 8. The highest BCUT2D eigenvalue weighted by molar-refractivity contribution is 6.24. The average molecular weight is 839 g/mol. The summed E-state index contributed by atoms with van der Waals surface area (Å²) in [6.45, 7) is 9.67. The molecule has 4 aromatic heterocycles. The third kappa shape index (κ3) is 5.63. The zero-order valence-electron chi connectivity index (χ0n) is 36.9. The molecule has 0 amide bonds. The molecular weight excluding hydrogens is 793 g/mol. The van der Waals surface area contributed by atoms with Crippen LogP contribution < -0.4 is 0 Å². The molecule has 0 aliphatic heterocycles. The topological polar surface area (TPSA) is 53.5 Å². The molecule has 1 aliphatic rings. The lowest BCUT2D eigenvalue weighted by molar-refractivity contribution is 0.332. The highest BCUT2D eigenvalue weighted by atomic mass is 15.2. The van der Waals surface area contributed by atoms with Crippen LogP contribution in [0, 0.1) is 0 Å². The van der Waals surface area contributed by atoms with Crippen LogP contribution in [-0.2, 0) is 10.8 Å². The van der Waals surface area contributed by atoms with Gasteiger partial charge in [-0.1, -0.05) is 155 Å².